The number of aryl methyl sites for hydroxylation is 1. The molecule has 6 heteroatoms. The van der Waals surface area contributed by atoms with Crippen LogP contribution in [0.15, 0.2) is 46.2 Å². The largest absolute Gasteiger partial charge is 0.494 e. The Morgan fingerprint density at radius 1 is 1.19 bits per heavy atom. The van der Waals surface area contributed by atoms with E-state index < -0.39 is 17.2 Å². The SMILES string of the molecule is CCOc1ccccc1C(N)Cn1ccn(C)c(=O)c1=O. The van der Waals surface area contributed by atoms with Crippen LogP contribution in [0.4, 0.5) is 0 Å². The minimum atomic E-state index is -0.579. The van der Waals surface area contributed by atoms with Crippen LogP contribution in [0.1, 0.15) is 18.5 Å². The predicted octanol–water partition coefficient (Wildman–Crippen LogP) is 0.646. The molecule has 0 bridgehead atoms. The first-order chi connectivity index (χ1) is 10.0. The maximum atomic E-state index is 11.9. The third-order valence-corrected chi connectivity index (χ3v) is 3.25. The fraction of sp³-hybridized carbons (Fsp3) is 0.333. The lowest BCUT2D eigenvalue weighted by molar-refractivity contribution is 0.332. The summed E-state index contributed by atoms with van der Waals surface area (Å²) in [7, 11) is 1.54. The summed E-state index contributed by atoms with van der Waals surface area (Å²) in [6.07, 6.45) is 3.11. The quantitative estimate of drug-likeness (QED) is 0.819. The van der Waals surface area contributed by atoms with Gasteiger partial charge in [0.2, 0.25) is 0 Å². The zero-order valence-electron chi connectivity index (χ0n) is 12.2. The van der Waals surface area contributed by atoms with Crippen LogP contribution in [0.2, 0.25) is 0 Å². The molecule has 0 aliphatic heterocycles. The summed E-state index contributed by atoms with van der Waals surface area (Å²) in [5.74, 6) is 0.699. The van der Waals surface area contributed by atoms with Gasteiger partial charge in [0, 0.05) is 31.5 Å². The van der Waals surface area contributed by atoms with Gasteiger partial charge in [-0.25, -0.2) is 0 Å². The van der Waals surface area contributed by atoms with Gasteiger partial charge in [-0.3, -0.25) is 9.59 Å². The van der Waals surface area contributed by atoms with E-state index in [1.165, 1.54) is 9.13 Å². The van der Waals surface area contributed by atoms with Crippen molar-refractivity contribution in [2.45, 2.75) is 19.5 Å². The Kier molecular flexibility index (Phi) is 4.59. The van der Waals surface area contributed by atoms with Gasteiger partial charge in [0.15, 0.2) is 0 Å². The van der Waals surface area contributed by atoms with Crippen LogP contribution in [-0.4, -0.2) is 15.7 Å². The Labute approximate surface area is 122 Å². The van der Waals surface area contributed by atoms with Crippen LogP contribution >= 0.6 is 0 Å². The van der Waals surface area contributed by atoms with E-state index in [2.05, 4.69) is 0 Å². The Bertz CT molecular complexity index is 733. The average molecular weight is 289 g/mol. The highest BCUT2D eigenvalue weighted by Crippen LogP contribution is 2.24. The minimum absolute atomic E-state index is 0.221. The highest BCUT2D eigenvalue weighted by Gasteiger charge is 2.14. The first-order valence-electron chi connectivity index (χ1n) is 6.78. The van der Waals surface area contributed by atoms with Crippen molar-refractivity contribution < 1.29 is 4.74 Å². The fourth-order valence-electron chi connectivity index (χ4n) is 2.12. The van der Waals surface area contributed by atoms with Crippen LogP contribution in [0.5, 0.6) is 5.75 Å². The van der Waals surface area contributed by atoms with E-state index in [9.17, 15) is 9.59 Å². The molecule has 0 aliphatic rings. The second-order valence-electron chi connectivity index (χ2n) is 4.75. The summed E-state index contributed by atoms with van der Waals surface area (Å²) in [6, 6.07) is 7.00. The molecule has 2 aromatic rings. The van der Waals surface area contributed by atoms with Crippen LogP contribution in [0.25, 0.3) is 0 Å². The van der Waals surface area contributed by atoms with Gasteiger partial charge in [0.05, 0.1) is 12.6 Å². The van der Waals surface area contributed by atoms with Crippen molar-refractivity contribution in [3.63, 3.8) is 0 Å². The topological polar surface area (TPSA) is 79.2 Å². The summed E-state index contributed by atoms with van der Waals surface area (Å²) in [5.41, 5.74) is 5.83. The molecule has 1 aromatic carbocycles. The van der Waals surface area contributed by atoms with Gasteiger partial charge in [0.25, 0.3) is 0 Å². The molecule has 6 nitrogen and oxygen atoms in total. The molecule has 0 radical (unpaired) electrons. The maximum absolute atomic E-state index is 11.9. The smallest absolute Gasteiger partial charge is 0.316 e. The summed E-state index contributed by atoms with van der Waals surface area (Å²) in [5, 5.41) is 0. The van der Waals surface area contributed by atoms with E-state index in [1.807, 2.05) is 31.2 Å². The van der Waals surface area contributed by atoms with Crippen LogP contribution < -0.4 is 21.6 Å². The summed E-state index contributed by atoms with van der Waals surface area (Å²) >= 11 is 0. The van der Waals surface area contributed by atoms with Gasteiger partial charge in [-0.1, -0.05) is 18.2 Å². The number of hydrogen-bond donors (Lipinski definition) is 1. The van der Waals surface area contributed by atoms with E-state index in [-0.39, 0.29) is 6.54 Å². The number of aromatic nitrogens is 2. The molecule has 0 fully saturated rings. The van der Waals surface area contributed by atoms with Gasteiger partial charge in [-0.05, 0) is 13.0 Å². The molecule has 1 heterocycles. The molecule has 112 valence electrons. The van der Waals surface area contributed by atoms with Crippen LogP contribution in [0, 0.1) is 0 Å². The highest BCUT2D eigenvalue weighted by atomic mass is 16.5. The Morgan fingerprint density at radius 3 is 2.62 bits per heavy atom. The van der Waals surface area contributed by atoms with E-state index in [1.54, 1.807) is 19.4 Å². The van der Waals surface area contributed by atoms with Gasteiger partial charge < -0.3 is 19.6 Å². The average Bonchev–Trinajstić information content (AvgIpc) is 2.49. The van der Waals surface area contributed by atoms with Gasteiger partial charge >= 0.3 is 11.1 Å². The Hall–Kier alpha value is -2.34. The monoisotopic (exact) mass is 289 g/mol. The van der Waals surface area contributed by atoms with E-state index >= 15 is 0 Å². The molecular weight excluding hydrogens is 270 g/mol. The number of para-hydroxylation sites is 1. The zero-order valence-corrected chi connectivity index (χ0v) is 12.2. The lowest BCUT2D eigenvalue weighted by Gasteiger charge is -2.17. The molecule has 0 spiro atoms. The van der Waals surface area contributed by atoms with E-state index in [0.29, 0.717) is 12.4 Å². The van der Waals surface area contributed by atoms with E-state index in [4.69, 9.17) is 10.5 Å². The van der Waals surface area contributed by atoms with Crippen LogP contribution in [0.3, 0.4) is 0 Å². The van der Waals surface area contributed by atoms with Gasteiger partial charge in [0.1, 0.15) is 5.75 Å². The number of hydrogen-bond acceptors (Lipinski definition) is 4. The van der Waals surface area contributed by atoms with E-state index in [0.717, 1.165) is 5.56 Å². The molecule has 1 unspecified atom stereocenters. The minimum Gasteiger partial charge on any atom is -0.494 e. The maximum Gasteiger partial charge on any atom is 0.316 e. The van der Waals surface area contributed by atoms with Crippen molar-refractivity contribution in [2.24, 2.45) is 12.8 Å². The molecular formula is C15H19N3O3. The lowest BCUT2D eigenvalue weighted by Crippen LogP contribution is -2.41. The number of nitrogens with two attached hydrogens (primary N) is 1. The molecule has 0 aliphatic carbocycles. The third kappa shape index (κ3) is 3.22. The fourth-order valence-corrected chi connectivity index (χ4v) is 2.12. The number of ether oxygens (including phenoxy) is 1. The van der Waals surface area contributed by atoms with Crippen molar-refractivity contribution in [1.82, 2.24) is 9.13 Å². The second kappa shape index (κ2) is 6.41. The number of rotatable bonds is 5. The third-order valence-electron chi connectivity index (χ3n) is 3.25. The van der Waals surface area contributed by atoms with Crippen molar-refractivity contribution in [2.75, 3.05) is 6.61 Å². The lowest BCUT2D eigenvalue weighted by atomic mass is 10.1. The van der Waals surface area contributed by atoms with Crippen molar-refractivity contribution >= 4 is 0 Å². The molecule has 2 rings (SSSR count). The predicted molar refractivity (Wildman–Crippen MR) is 80.5 cm³/mol. The Balaban J connectivity index is 2.31. The summed E-state index contributed by atoms with van der Waals surface area (Å²) < 4.78 is 8.11. The van der Waals surface area contributed by atoms with Crippen LogP contribution in [-0.2, 0) is 13.6 Å². The molecule has 0 amide bonds. The molecule has 0 saturated carbocycles. The van der Waals surface area contributed by atoms with Crippen molar-refractivity contribution in [3.8, 4) is 5.75 Å². The van der Waals surface area contributed by atoms with Crippen molar-refractivity contribution in [3.05, 3.63) is 62.9 Å². The molecule has 21 heavy (non-hydrogen) atoms. The number of benzene rings is 1. The molecule has 2 N–H and O–H groups in total. The molecule has 0 saturated heterocycles. The normalized spacial score (nSPS) is 12.1. The molecule has 1 atom stereocenters. The van der Waals surface area contributed by atoms with Gasteiger partial charge in [-0.2, -0.15) is 0 Å². The zero-order chi connectivity index (χ0) is 15.4. The summed E-state index contributed by atoms with van der Waals surface area (Å²) in [6.45, 7) is 2.66. The van der Waals surface area contributed by atoms with Crippen molar-refractivity contribution in [1.29, 1.82) is 0 Å². The van der Waals surface area contributed by atoms with Gasteiger partial charge in [-0.15, -0.1) is 0 Å². The summed E-state index contributed by atoms with van der Waals surface area (Å²) in [4.78, 5) is 23.6. The Morgan fingerprint density at radius 2 is 1.90 bits per heavy atom. The number of nitrogens with zero attached hydrogens (tertiary/aromatic N) is 2. The molecule has 1 aromatic heterocycles. The first kappa shape index (κ1) is 15.1. The highest BCUT2D eigenvalue weighted by molar-refractivity contribution is 5.35. The first-order valence-corrected chi connectivity index (χ1v) is 6.78. The second-order valence-corrected chi connectivity index (χ2v) is 4.75. The standard InChI is InChI=1S/C15H19N3O3/c1-3-21-13-7-5-4-6-11(13)12(16)10-18-9-8-17(2)14(19)15(18)20/h4-9,12H,3,10,16H2,1-2H3.